The van der Waals surface area contributed by atoms with Gasteiger partial charge >= 0.3 is 5.97 Å². The average Bonchev–Trinajstić information content (AvgIpc) is 2.37. The van der Waals surface area contributed by atoms with Crippen LogP contribution in [0.1, 0.15) is 44.9 Å². The van der Waals surface area contributed by atoms with Crippen molar-refractivity contribution in [1.82, 2.24) is 0 Å². The normalized spacial score (nSPS) is 12.9. The van der Waals surface area contributed by atoms with E-state index in [4.69, 9.17) is 9.47 Å². The molecular weight excluding hydrogens is 260 g/mol. The van der Waals surface area contributed by atoms with Crippen molar-refractivity contribution >= 4 is 5.97 Å². The lowest BCUT2D eigenvalue weighted by Gasteiger charge is -2.24. The molecule has 1 aromatic carbocycles. The van der Waals surface area contributed by atoms with E-state index in [-0.39, 0.29) is 23.3 Å². The van der Waals surface area contributed by atoms with Gasteiger partial charge in [-0.15, -0.1) is 0 Å². The van der Waals surface area contributed by atoms with Gasteiger partial charge in [0, 0.05) is 11.1 Å². The molecule has 2 N–H and O–H groups in total. The Morgan fingerprint density at radius 2 is 1.95 bits per heavy atom. The second-order valence-corrected chi connectivity index (χ2v) is 5.52. The largest absolute Gasteiger partial charge is 0.507 e. The molecule has 0 aliphatic heterocycles. The zero-order valence-corrected chi connectivity index (χ0v) is 12.6. The number of ether oxygens (including phenoxy) is 2. The Morgan fingerprint density at radius 3 is 2.40 bits per heavy atom. The maximum absolute atomic E-state index is 11.6. The van der Waals surface area contributed by atoms with E-state index in [1.54, 1.807) is 13.0 Å². The molecule has 5 heteroatoms. The fraction of sp³-hybridized carbons (Fsp3) is 0.533. The van der Waals surface area contributed by atoms with Crippen LogP contribution in [0.2, 0.25) is 0 Å². The fourth-order valence-electron chi connectivity index (χ4n) is 1.88. The monoisotopic (exact) mass is 282 g/mol. The second-order valence-electron chi connectivity index (χ2n) is 5.52. The summed E-state index contributed by atoms with van der Waals surface area (Å²) in [6.07, 6.45) is -1.54. The first kappa shape index (κ1) is 16.3. The fourth-order valence-corrected chi connectivity index (χ4v) is 1.88. The number of aliphatic hydroxyl groups excluding tert-OH is 1. The van der Waals surface area contributed by atoms with E-state index in [9.17, 15) is 15.0 Å². The molecule has 1 aromatic rings. The number of phenols is 1. The average molecular weight is 282 g/mol. The van der Waals surface area contributed by atoms with Crippen LogP contribution in [-0.4, -0.2) is 29.9 Å². The first-order valence-corrected chi connectivity index (χ1v) is 6.48. The molecule has 0 amide bonds. The van der Waals surface area contributed by atoms with Crippen LogP contribution in [0.3, 0.4) is 0 Å². The summed E-state index contributed by atoms with van der Waals surface area (Å²) in [4.78, 5) is 11.6. The van der Waals surface area contributed by atoms with E-state index in [0.29, 0.717) is 11.3 Å². The van der Waals surface area contributed by atoms with Gasteiger partial charge in [0.25, 0.3) is 0 Å². The van der Waals surface area contributed by atoms with E-state index in [1.165, 1.54) is 13.2 Å². The van der Waals surface area contributed by atoms with E-state index in [2.05, 4.69) is 0 Å². The summed E-state index contributed by atoms with van der Waals surface area (Å²) in [5.74, 6) is -0.444. The van der Waals surface area contributed by atoms with Crippen molar-refractivity contribution < 1.29 is 24.5 Å². The Hall–Kier alpha value is -1.75. The Bertz CT molecular complexity index is 488. The highest BCUT2D eigenvalue weighted by Gasteiger charge is 2.28. The molecule has 0 bridgehead atoms. The van der Waals surface area contributed by atoms with Gasteiger partial charge in [0.05, 0.1) is 13.7 Å². The zero-order chi connectivity index (χ0) is 15.5. The number of methoxy groups -OCH3 is 1. The van der Waals surface area contributed by atoms with Crippen molar-refractivity contribution in [2.45, 2.75) is 39.2 Å². The second kappa shape index (κ2) is 6.13. The van der Waals surface area contributed by atoms with Gasteiger partial charge in [0.15, 0.2) is 6.10 Å². The van der Waals surface area contributed by atoms with Crippen LogP contribution in [0, 0.1) is 0 Å². The standard InChI is InChI=1S/C15H22O5/c1-6-20-14(18)13(17)10-7-9(19-5)8-11(12(10)16)15(2,3)4/h7-8,13,16-17H,6H2,1-5H3. The number of esters is 1. The van der Waals surface area contributed by atoms with Crippen molar-refractivity contribution in [2.75, 3.05) is 13.7 Å². The number of aliphatic hydroxyl groups is 1. The minimum atomic E-state index is -1.54. The summed E-state index contributed by atoms with van der Waals surface area (Å²) in [5.41, 5.74) is 0.324. The van der Waals surface area contributed by atoms with Crippen molar-refractivity contribution in [2.24, 2.45) is 0 Å². The Kier molecular flexibility index (Phi) is 5.00. The van der Waals surface area contributed by atoms with Gasteiger partial charge in [0.2, 0.25) is 0 Å². The Labute approximate surface area is 119 Å². The summed E-state index contributed by atoms with van der Waals surface area (Å²) in [6.45, 7) is 7.56. The summed E-state index contributed by atoms with van der Waals surface area (Å²) in [7, 11) is 1.49. The van der Waals surface area contributed by atoms with Crippen LogP contribution in [-0.2, 0) is 14.9 Å². The summed E-state index contributed by atoms with van der Waals surface area (Å²) in [6, 6.07) is 3.13. The first-order chi connectivity index (χ1) is 9.22. The van der Waals surface area contributed by atoms with Gasteiger partial charge in [-0.25, -0.2) is 4.79 Å². The van der Waals surface area contributed by atoms with E-state index >= 15 is 0 Å². The SMILES string of the molecule is CCOC(=O)C(O)c1cc(OC)cc(C(C)(C)C)c1O. The highest BCUT2D eigenvalue weighted by molar-refractivity contribution is 5.78. The smallest absolute Gasteiger partial charge is 0.339 e. The molecule has 5 nitrogen and oxygen atoms in total. The third-order valence-electron chi connectivity index (χ3n) is 2.96. The highest BCUT2D eigenvalue weighted by Crippen LogP contribution is 2.39. The van der Waals surface area contributed by atoms with Crippen LogP contribution in [0.5, 0.6) is 11.5 Å². The van der Waals surface area contributed by atoms with Gasteiger partial charge in [-0.1, -0.05) is 20.8 Å². The number of carbonyl (C=O) groups excluding carboxylic acids is 1. The van der Waals surface area contributed by atoms with Crippen LogP contribution >= 0.6 is 0 Å². The first-order valence-electron chi connectivity index (χ1n) is 6.48. The Balaban J connectivity index is 3.35. The van der Waals surface area contributed by atoms with Crippen LogP contribution in [0.4, 0.5) is 0 Å². The summed E-state index contributed by atoms with van der Waals surface area (Å²) in [5, 5.41) is 20.3. The molecule has 1 unspecified atom stereocenters. The molecule has 0 spiro atoms. The van der Waals surface area contributed by atoms with Gasteiger partial charge in [-0.3, -0.25) is 0 Å². The number of aromatic hydroxyl groups is 1. The lowest BCUT2D eigenvalue weighted by atomic mass is 9.84. The topological polar surface area (TPSA) is 76.0 Å². The quantitative estimate of drug-likeness (QED) is 0.829. The molecule has 0 radical (unpaired) electrons. The maximum atomic E-state index is 11.6. The third-order valence-corrected chi connectivity index (χ3v) is 2.96. The van der Waals surface area contributed by atoms with Gasteiger partial charge in [-0.05, 0) is 24.5 Å². The maximum Gasteiger partial charge on any atom is 0.339 e. The van der Waals surface area contributed by atoms with Gasteiger partial charge in [0.1, 0.15) is 11.5 Å². The molecule has 1 atom stereocenters. The third kappa shape index (κ3) is 3.42. The van der Waals surface area contributed by atoms with Crippen molar-refractivity contribution in [1.29, 1.82) is 0 Å². The van der Waals surface area contributed by atoms with Gasteiger partial charge in [-0.2, -0.15) is 0 Å². The van der Waals surface area contributed by atoms with Crippen LogP contribution in [0.25, 0.3) is 0 Å². The molecule has 0 aliphatic rings. The summed E-state index contributed by atoms with van der Waals surface area (Å²) >= 11 is 0. The molecule has 0 heterocycles. The predicted octanol–water partition coefficient (Wildman–Crippen LogP) is 2.29. The molecule has 0 aliphatic carbocycles. The number of benzene rings is 1. The number of rotatable bonds is 4. The van der Waals surface area contributed by atoms with Crippen molar-refractivity contribution in [3.8, 4) is 11.5 Å². The molecule has 112 valence electrons. The number of carbonyl (C=O) groups is 1. The Morgan fingerprint density at radius 1 is 1.35 bits per heavy atom. The molecular formula is C15H22O5. The molecule has 0 saturated heterocycles. The minimum absolute atomic E-state index is 0.0905. The predicted molar refractivity (Wildman–Crippen MR) is 75.0 cm³/mol. The molecule has 0 aromatic heterocycles. The molecule has 20 heavy (non-hydrogen) atoms. The molecule has 1 rings (SSSR count). The molecule has 0 fully saturated rings. The van der Waals surface area contributed by atoms with Gasteiger partial charge < -0.3 is 19.7 Å². The zero-order valence-electron chi connectivity index (χ0n) is 12.6. The van der Waals surface area contributed by atoms with Crippen molar-refractivity contribution in [3.63, 3.8) is 0 Å². The summed E-state index contributed by atoms with van der Waals surface area (Å²) < 4.78 is 9.93. The van der Waals surface area contributed by atoms with E-state index in [0.717, 1.165) is 0 Å². The van der Waals surface area contributed by atoms with E-state index in [1.807, 2.05) is 20.8 Å². The lowest BCUT2D eigenvalue weighted by molar-refractivity contribution is -0.153. The van der Waals surface area contributed by atoms with Crippen molar-refractivity contribution in [3.05, 3.63) is 23.3 Å². The van der Waals surface area contributed by atoms with Crippen LogP contribution in [0.15, 0.2) is 12.1 Å². The minimum Gasteiger partial charge on any atom is -0.507 e. The molecule has 0 saturated carbocycles. The lowest BCUT2D eigenvalue weighted by Crippen LogP contribution is -2.18. The number of hydrogen-bond acceptors (Lipinski definition) is 5. The van der Waals surface area contributed by atoms with Crippen LogP contribution < -0.4 is 4.74 Å². The number of hydrogen-bond donors (Lipinski definition) is 2. The highest BCUT2D eigenvalue weighted by atomic mass is 16.5. The number of phenolic OH excluding ortho intramolecular Hbond substituents is 1. The van der Waals surface area contributed by atoms with E-state index < -0.39 is 12.1 Å².